The molecular weight excluding hydrogens is 522 g/mol. The molecule has 1 unspecified atom stereocenters. The summed E-state index contributed by atoms with van der Waals surface area (Å²) in [6, 6.07) is 5.01. The Bertz CT molecular complexity index is 952. The maximum Gasteiger partial charge on any atom is 0.405 e. The molecule has 1 atom stereocenters. The molecule has 2 aromatic rings. The number of aromatic nitrogens is 1. The third kappa shape index (κ3) is 6.44. The van der Waals surface area contributed by atoms with Gasteiger partial charge in [-0.05, 0) is 71.0 Å². The molecule has 1 aromatic heterocycles. The number of rotatable bonds is 5. The molecule has 1 aliphatic rings. The van der Waals surface area contributed by atoms with Crippen LogP contribution in [0.5, 0.6) is 0 Å². The molecule has 0 aliphatic carbocycles. The number of halogens is 4. The molecule has 1 aliphatic heterocycles. The number of hydrogen-bond donors (Lipinski definition) is 2. The smallest absolute Gasteiger partial charge is 0.376 e. The highest BCUT2D eigenvalue weighted by Gasteiger charge is 2.28. The average molecular weight is 549 g/mol. The van der Waals surface area contributed by atoms with Crippen molar-refractivity contribution in [3.8, 4) is 0 Å². The fourth-order valence-electron chi connectivity index (χ4n) is 3.55. The van der Waals surface area contributed by atoms with Crippen molar-refractivity contribution in [2.45, 2.75) is 57.7 Å². The molecule has 3 rings (SSSR count). The lowest BCUT2D eigenvalue weighted by Gasteiger charge is -2.24. The zero-order chi connectivity index (χ0) is 22.8. The van der Waals surface area contributed by atoms with E-state index in [1.54, 1.807) is 18.2 Å². The van der Waals surface area contributed by atoms with E-state index in [0.29, 0.717) is 29.7 Å². The van der Waals surface area contributed by atoms with E-state index in [-0.39, 0.29) is 23.1 Å². The van der Waals surface area contributed by atoms with Gasteiger partial charge in [0.25, 0.3) is 5.91 Å². The van der Waals surface area contributed by atoms with Gasteiger partial charge in [-0.25, -0.2) is 4.98 Å². The van der Waals surface area contributed by atoms with Crippen LogP contribution >= 0.6 is 22.6 Å². The first-order chi connectivity index (χ1) is 14.4. The summed E-state index contributed by atoms with van der Waals surface area (Å²) in [6.45, 7) is 5.94. The molecule has 31 heavy (non-hydrogen) atoms. The number of benzene rings is 1. The van der Waals surface area contributed by atoms with E-state index in [1.807, 2.05) is 20.8 Å². The fraction of sp³-hybridized carbons (Fsp3) is 0.545. The van der Waals surface area contributed by atoms with Gasteiger partial charge in [-0.15, -0.1) is 0 Å². The number of amides is 1. The quantitative estimate of drug-likeness (QED) is 0.490. The van der Waals surface area contributed by atoms with Crippen molar-refractivity contribution in [1.29, 1.82) is 0 Å². The summed E-state index contributed by atoms with van der Waals surface area (Å²) in [5.41, 5.74) is 1.68. The van der Waals surface area contributed by atoms with Crippen molar-refractivity contribution >= 4 is 45.1 Å². The lowest BCUT2D eigenvalue weighted by molar-refractivity contribution is -0.115. The number of ether oxygens (including phenoxy) is 1. The molecule has 5 nitrogen and oxygen atoms in total. The number of fused-ring (bicyclic) bond motifs is 1. The summed E-state index contributed by atoms with van der Waals surface area (Å²) >= 11 is 2.10. The van der Waals surface area contributed by atoms with Crippen molar-refractivity contribution < 1.29 is 22.7 Å². The Morgan fingerprint density at radius 3 is 2.58 bits per heavy atom. The highest BCUT2D eigenvalue weighted by Crippen LogP contribution is 2.34. The predicted octanol–water partition coefficient (Wildman–Crippen LogP) is 5.41. The van der Waals surface area contributed by atoms with Crippen molar-refractivity contribution in [1.82, 2.24) is 10.3 Å². The minimum Gasteiger partial charge on any atom is -0.376 e. The van der Waals surface area contributed by atoms with Crippen LogP contribution in [-0.4, -0.2) is 42.9 Å². The molecule has 9 heteroatoms. The minimum atomic E-state index is -4.31. The summed E-state index contributed by atoms with van der Waals surface area (Å²) in [6.07, 6.45) is -1.24. The highest BCUT2D eigenvalue weighted by atomic mass is 127. The van der Waals surface area contributed by atoms with Crippen molar-refractivity contribution in [3.63, 3.8) is 0 Å². The Labute approximate surface area is 193 Å². The van der Waals surface area contributed by atoms with E-state index in [9.17, 15) is 18.0 Å². The normalized spacial score (nSPS) is 17.6. The fourth-order valence-corrected chi connectivity index (χ4v) is 4.25. The van der Waals surface area contributed by atoms with Crippen LogP contribution in [0.2, 0.25) is 0 Å². The molecular formula is C22H27F3IN3O2. The Kier molecular flexibility index (Phi) is 7.35. The van der Waals surface area contributed by atoms with E-state index in [1.165, 1.54) is 0 Å². The van der Waals surface area contributed by atoms with Gasteiger partial charge >= 0.3 is 6.18 Å². The van der Waals surface area contributed by atoms with Crippen molar-refractivity contribution in [2.24, 2.45) is 0 Å². The van der Waals surface area contributed by atoms with Crippen LogP contribution in [0.4, 0.5) is 18.9 Å². The van der Waals surface area contributed by atoms with Gasteiger partial charge in [0.2, 0.25) is 0 Å². The standard InChI is InChI=1S/C22H27F3IN3O2/c1-21(2,3)16-9-13(28-12-22(23,24)25)8-15-17(26)10-18(29-19(15)16)20(30)27-11-14-6-4-5-7-31-14/h8-10,14,28H,4-7,11-12H2,1-3H3,(H,27,30). The second-order valence-electron chi connectivity index (χ2n) is 8.83. The van der Waals surface area contributed by atoms with Crippen LogP contribution in [0.15, 0.2) is 18.2 Å². The van der Waals surface area contributed by atoms with Crippen LogP contribution in [0, 0.1) is 3.57 Å². The number of alkyl halides is 3. The van der Waals surface area contributed by atoms with Gasteiger partial charge in [0.15, 0.2) is 0 Å². The van der Waals surface area contributed by atoms with Crippen LogP contribution in [0.3, 0.4) is 0 Å². The molecule has 0 saturated carbocycles. The maximum atomic E-state index is 12.8. The van der Waals surface area contributed by atoms with Gasteiger partial charge in [-0.1, -0.05) is 20.8 Å². The number of carbonyl (C=O) groups excluding carboxylic acids is 1. The summed E-state index contributed by atoms with van der Waals surface area (Å²) in [5, 5.41) is 6.07. The molecule has 1 amide bonds. The molecule has 1 fully saturated rings. The second-order valence-corrected chi connectivity index (χ2v) is 9.99. The molecule has 2 heterocycles. The number of nitrogens with one attached hydrogen (secondary N) is 2. The van der Waals surface area contributed by atoms with Crippen LogP contribution in [-0.2, 0) is 10.2 Å². The van der Waals surface area contributed by atoms with Gasteiger partial charge in [0.1, 0.15) is 12.2 Å². The number of pyridine rings is 1. The SMILES string of the molecule is CC(C)(C)c1cc(NCC(F)(F)F)cc2c(I)cc(C(=O)NCC3CCCCO3)nc12. The first kappa shape index (κ1) is 24.0. The summed E-state index contributed by atoms with van der Waals surface area (Å²) in [7, 11) is 0. The Morgan fingerprint density at radius 1 is 1.23 bits per heavy atom. The first-order valence-corrected chi connectivity index (χ1v) is 11.4. The minimum absolute atomic E-state index is 0.0182. The molecule has 170 valence electrons. The molecule has 2 N–H and O–H groups in total. The van der Waals surface area contributed by atoms with Gasteiger partial charge in [0.05, 0.1) is 11.6 Å². The lowest BCUT2D eigenvalue weighted by Crippen LogP contribution is -2.35. The van der Waals surface area contributed by atoms with E-state index in [0.717, 1.165) is 28.4 Å². The van der Waals surface area contributed by atoms with E-state index < -0.39 is 12.7 Å². The third-order valence-electron chi connectivity index (χ3n) is 5.16. The summed E-state index contributed by atoms with van der Waals surface area (Å²) in [5.74, 6) is -0.284. The van der Waals surface area contributed by atoms with Crippen LogP contribution in [0.25, 0.3) is 10.9 Å². The third-order valence-corrected chi connectivity index (χ3v) is 6.05. The number of anilines is 1. The average Bonchev–Trinajstić information content (AvgIpc) is 2.69. The number of hydrogen-bond acceptors (Lipinski definition) is 4. The van der Waals surface area contributed by atoms with Crippen LogP contribution in [0.1, 0.15) is 56.1 Å². The zero-order valence-electron chi connectivity index (χ0n) is 17.8. The van der Waals surface area contributed by atoms with E-state index in [2.05, 4.69) is 38.2 Å². The van der Waals surface area contributed by atoms with Gasteiger partial charge in [-0.2, -0.15) is 13.2 Å². The van der Waals surface area contributed by atoms with E-state index in [4.69, 9.17) is 4.74 Å². The molecule has 0 spiro atoms. The molecule has 0 bridgehead atoms. The molecule has 1 aromatic carbocycles. The number of nitrogens with zero attached hydrogens (tertiary/aromatic N) is 1. The lowest BCUT2D eigenvalue weighted by atomic mass is 9.85. The Balaban J connectivity index is 1.92. The molecule has 1 saturated heterocycles. The van der Waals surface area contributed by atoms with Crippen LogP contribution < -0.4 is 10.6 Å². The monoisotopic (exact) mass is 549 g/mol. The van der Waals surface area contributed by atoms with Crippen molar-refractivity contribution in [2.75, 3.05) is 25.0 Å². The Morgan fingerprint density at radius 2 is 1.97 bits per heavy atom. The van der Waals surface area contributed by atoms with Crippen molar-refractivity contribution in [3.05, 3.63) is 33.0 Å². The van der Waals surface area contributed by atoms with Gasteiger partial charge in [0, 0.05) is 27.8 Å². The summed E-state index contributed by atoms with van der Waals surface area (Å²) < 4.78 is 44.5. The Hall–Kier alpha value is -1.62. The molecule has 0 radical (unpaired) electrons. The largest absolute Gasteiger partial charge is 0.405 e. The van der Waals surface area contributed by atoms with Gasteiger partial charge < -0.3 is 15.4 Å². The first-order valence-electron chi connectivity index (χ1n) is 10.3. The highest BCUT2D eigenvalue weighted by molar-refractivity contribution is 14.1. The van der Waals surface area contributed by atoms with E-state index >= 15 is 0 Å². The maximum absolute atomic E-state index is 12.8. The predicted molar refractivity (Wildman–Crippen MR) is 124 cm³/mol. The summed E-state index contributed by atoms with van der Waals surface area (Å²) in [4.78, 5) is 17.4. The zero-order valence-corrected chi connectivity index (χ0v) is 20.0. The van der Waals surface area contributed by atoms with Gasteiger partial charge in [-0.3, -0.25) is 4.79 Å². The number of carbonyl (C=O) groups is 1. The second kappa shape index (κ2) is 9.48. The topological polar surface area (TPSA) is 63.2 Å².